The minimum Gasteiger partial charge on any atom is -0.297 e. The maximum absolute atomic E-state index is 11.4. The summed E-state index contributed by atoms with van der Waals surface area (Å²) in [5.41, 5.74) is 5.39. The van der Waals surface area contributed by atoms with E-state index in [0.717, 1.165) is 43.2 Å². The third-order valence-electron chi connectivity index (χ3n) is 4.68. The summed E-state index contributed by atoms with van der Waals surface area (Å²) < 4.78 is 1.95. The first-order chi connectivity index (χ1) is 12.7. The number of hydrogen-bond acceptors (Lipinski definition) is 5. The molecule has 1 aliphatic heterocycles. The lowest BCUT2D eigenvalue weighted by Crippen LogP contribution is -2.33. The van der Waals surface area contributed by atoms with Crippen LogP contribution in [0.25, 0.3) is 10.6 Å². The fourth-order valence-electron chi connectivity index (χ4n) is 3.26. The minimum atomic E-state index is -0.494. The summed E-state index contributed by atoms with van der Waals surface area (Å²) in [7, 11) is 0. The fraction of sp³-hybridized carbons (Fsp3) is 0.263. The molecule has 2 N–H and O–H groups in total. The smallest absolute Gasteiger partial charge is 0.284 e. The first kappa shape index (κ1) is 17.0. The largest absolute Gasteiger partial charge is 0.297 e. The Morgan fingerprint density at radius 3 is 2.85 bits per heavy atom. The molecule has 2 aromatic heterocycles. The first-order valence-electron chi connectivity index (χ1n) is 8.60. The van der Waals surface area contributed by atoms with Crippen molar-refractivity contribution < 1.29 is 10.0 Å². The van der Waals surface area contributed by atoms with Crippen LogP contribution >= 0.6 is 11.3 Å². The lowest BCUT2D eigenvalue weighted by Gasteiger charge is -2.28. The summed E-state index contributed by atoms with van der Waals surface area (Å²) in [5, 5.41) is 13.3. The van der Waals surface area contributed by atoms with Crippen molar-refractivity contribution in [3.63, 3.8) is 0 Å². The highest BCUT2D eigenvalue weighted by Gasteiger charge is 2.16. The Kier molecular flexibility index (Phi) is 4.83. The molecule has 3 aromatic rings. The lowest BCUT2D eigenvalue weighted by molar-refractivity contribution is 0.0711. The number of rotatable bonds is 5. The summed E-state index contributed by atoms with van der Waals surface area (Å²) >= 11 is 1.31. The second kappa shape index (κ2) is 7.41. The summed E-state index contributed by atoms with van der Waals surface area (Å²) in [6, 6.07) is 14.1. The first-order valence-corrected chi connectivity index (χ1v) is 9.42. The number of hydrogen-bond donors (Lipinski definition) is 2. The standard InChI is InChI=1S/C19H20N4O2S/c24-19(21-25)18-6-5-17(26-18)16-8-10-23(20-16)12-11-22-9-7-14-3-1-2-4-15(14)13-22/h1-6,8,10,25H,7,9,11-13H2,(H,21,24). The molecular formula is C19H20N4O2S. The molecule has 0 spiro atoms. The second-order valence-corrected chi connectivity index (χ2v) is 7.45. The van der Waals surface area contributed by atoms with Crippen molar-refractivity contribution in [2.45, 2.75) is 19.5 Å². The van der Waals surface area contributed by atoms with Gasteiger partial charge in [-0.2, -0.15) is 5.10 Å². The van der Waals surface area contributed by atoms with Crippen molar-refractivity contribution in [3.8, 4) is 10.6 Å². The third-order valence-corrected chi connectivity index (χ3v) is 5.79. The number of thiophene rings is 1. The van der Waals surface area contributed by atoms with E-state index in [0.29, 0.717) is 4.88 Å². The van der Waals surface area contributed by atoms with Gasteiger partial charge in [-0.25, -0.2) is 5.48 Å². The monoisotopic (exact) mass is 368 g/mol. The van der Waals surface area contributed by atoms with Crippen LogP contribution in [0.4, 0.5) is 0 Å². The molecule has 1 aliphatic rings. The fourth-order valence-corrected chi connectivity index (χ4v) is 4.12. The van der Waals surface area contributed by atoms with Crippen LogP contribution in [-0.4, -0.2) is 38.9 Å². The Labute approximate surface area is 155 Å². The minimum absolute atomic E-state index is 0.462. The number of aromatic nitrogens is 2. The summed E-state index contributed by atoms with van der Waals surface area (Å²) in [6.07, 6.45) is 3.07. The van der Waals surface area contributed by atoms with Gasteiger partial charge in [-0.1, -0.05) is 24.3 Å². The van der Waals surface area contributed by atoms with Crippen molar-refractivity contribution in [1.82, 2.24) is 20.2 Å². The van der Waals surface area contributed by atoms with Gasteiger partial charge in [0.15, 0.2) is 0 Å². The molecule has 1 aromatic carbocycles. The van der Waals surface area contributed by atoms with E-state index in [9.17, 15) is 4.79 Å². The van der Waals surface area contributed by atoms with Crippen molar-refractivity contribution in [1.29, 1.82) is 0 Å². The number of nitrogens with one attached hydrogen (secondary N) is 1. The van der Waals surface area contributed by atoms with Crippen molar-refractivity contribution in [3.05, 3.63) is 64.7 Å². The van der Waals surface area contributed by atoms with Crippen molar-refractivity contribution >= 4 is 17.2 Å². The Balaban J connectivity index is 1.37. The topological polar surface area (TPSA) is 70.4 Å². The number of amides is 1. The van der Waals surface area contributed by atoms with Gasteiger partial charge < -0.3 is 0 Å². The summed E-state index contributed by atoms with van der Waals surface area (Å²) in [4.78, 5) is 15.3. The van der Waals surface area contributed by atoms with Gasteiger partial charge in [0, 0.05) is 25.8 Å². The van der Waals surface area contributed by atoms with Crippen LogP contribution in [0.3, 0.4) is 0 Å². The van der Waals surface area contributed by atoms with Crippen LogP contribution in [-0.2, 0) is 19.5 Å². The molecule has 3 heterocycles. The number of benzene rings is 1. The lowest BCUT2D eigenvalue weighted by atomic mass is 10.00. The summed E-state index contributed by atoms with van der Waals surface area (Å²) in [6.45, 7) is 3.86. The third kappa shape index (κ3) is 3.55. The van der Waals surface area contributed by atoms with Gasteiger partial charge in [0.05, 0.1) is 16.3 Å². The maximum Gasteiger partial charge on any atom is 0.284 e. The van der Waals surface area contributed by atoms with Gasteiger partial charge >= 0.3 is 0 Å². The summed E-state index contributed by atoms with van der Waals surface area (Å²) in [5.74, 6) is -0.494. The van der Waals surface area contributed by atoms with E-state index in [-0.39, 0.29) is 0 Å². The molecule has 0 fully saturated rings. The van der Waals surface area contributed by atoms with Gasteiger partial charge in [0.25, 0.3) is 5.91 Å². The van der Waals surface area contributed by atoms with E-state index < -0.39 is 5.91 Å². The number of carbonyl (C=O) groups excluding carboxylic acids is 1. The van der Waals surface area contributed by atoms with Crippen LogP contribution in [0, 0.1) is 0 Å². The Morgan fingerprint density at radius 2 is 2.00 bits per heavy atom. The predicted octanol–water partition coefficient (Wildman–Crippen LogP) is 2.79. The highest BCUT2D eigenvalue weighted by Crippen LogP contribution is 2.26. The average Bonchev–Trinajstić information content (AvgIpc) is 3.35. The zero-order valence-electron chi connectivity index (χ0n) is 14.3. The maximum atomic E-state index is 11.4. The van der Waals surface area contributed by atoms with Crippen molar-refractivity contribution in [2.75, 3.05) is 13.1 Å². The van der Waals surface area contributed by atoms with Crippen LogP contribution < -0.4 is 5.48 Å². The normalized spacial score (nSPS) is 14.2. The van der Waals surface area contributed by atoms with E-state index in [4.69, 9.17) is 5.21 Å². The van der Waals surface area contributed by atoms with E-state index in [2.05, 4.69) is 34.3 Å². The molecule has 0 saturated carbocycles. The number of hydroxylamine groups is 1. The zero-order chi connectivity index (χ0) is 17.9. The van der Waals surface area contributed by atoms with E-state index in [1.54, 1.807) is 11.5 Å². The Hall–Kier alpha value is -2.48. The molecule has 6 nitrogen and oxygen atoms in total. The SMILES string of the molecule is O=C(NO)c1ccc(-c2ccn(CCN3CCc4ccccc4C3)n2)s1. The van der Waals surface area contributed by atoms with Gasteiger partial charge in [-0.15, -0.1) is 11.3 Å². The van der Waals surface area contributed by atoms with Crippen LogP contribution in [0.15, 0.2) is 48.7 Å². The molecular weight excluding hydrogens is 348 g/mol. The molecule has 0 aliphatic carbocycles. The quantitative estimate of drug-likeness (QED) is 0.537. The molecule has 1 amide bonds. The van der Waals surface area contributed by atoms with Gasteiger partial charge in [0.2, 0.25) is 0 Å². The number of nitrogens with zero attached hydrogens (tertiary/aromatic N) is 3. The van der Waals surface area contributed by atoms with Crippen LogP contribution in [0.1, 0.15) is 20.8 Å². The van der Waals surface area contributed by atoms with E-state index >= 15 is 0 Å². The zero-order valence-corrected chi connectivity index (χ0v) is 15.1. The molecule has 0 radical (unpaired) electrons. The number of fused-ring (bicyclic) bond motifs is 1. The highest BCUT2D eigenvalue weighted by molar-refractivity contribution is 7.17. The molecule has 0 saturated heterocycles. The molecule has 26 heavy (non-hydrogen) atoms. The van der Waals surface area contributed by atoms with Crippen molar-refractivity contribution in [2.24, 2.45) is 0 Å². The van der Waals surface area contributed by atoms with Gasteiger partial charge in [-0.3, -0.25) is 19.6 Å². The number of carbonyl (C=O) groups is 1. The highest BCUT2D eigenvalue weighted by atomic mass is 32.1. The molecule has 7 heteroatoms. The van der Waals surface area contributed by atoms with Gasteiger partial charge in [0.1, 0.15) is 5.69 Å². The second-order valence-electron chi connectivity index (χ2n) is 6.36. The average molecular weight is 368 g/mol. The molecule has 4 rings (SSSR count). The van der Waals surface area contributed by atoms with Gasteiger partial charge in [-0.05, 0) is 35.7 Å². The van der Waals surface area contributed by atoms with E-state index in [1.165, 1.54) is 22.5 Å². The van der Waals surface area contributed by atoms with Crippen LogP contribution in [0.2, 0.25) is 0 Å². The molecule has 134 valence electrons. The molecule has 0 bridgehead atoms. The molecule has 0 unspecified atom stereocenters. The Morgan fingerprint density at radius 1 is 1.15 bits per heavy atom. The Bertz CT molecular complexity index is 918. The predicted molar refractivity (Wildman–Crippen MR) is 100 cm³/mol. The molecule has 0 atom stereocenters. The van der Waals surface area contributed by atoms with E-state index in [1.807, 2.05) is 23.0 Å². The van der Waals surface area contributed by atoms with Crippen LogP contribution in [0.5, 0.6) is 0 Å².